The van der Waals surface area contributed by atoms with Crippen LogP contribution in [0.2, 0.25) is 23.7 Å². The highest BCUT2D eigenvalue weighted by molar-refractivity contribution is 14.1. The summed E-state index contributed by atoms with van der Waals surface area (Å²) < 4.78 is 1.17. The molecule has 0 fully saturated rings. The van der Waals surface area contributed by atoms with E-state index in [-0.39, 0.29) is 14.5 Å². The number of ketones is 1. The Labute approximate surface area is 152 Å². The molecule has 0 amide bonds. The second-order valence-electron chi connectivity index (χ2n) is 7.37. The molecule has 0 spiro atoms. The fraction of sp³-hybridized carbons (Fsp3) is 0.588. The summed E-state index contributed by atoms with van der Waals surface area (Å²) in [5.74, 6) is 0.421. The molecule has 1 aromatic carbocycles. The first-order valence-electron chi connectivity index (χ1n) is 7.39. The normalized spacial score (nSPS) is 15.6. The van der Waals surface area contributed by atoms with E-state index in [1.54, 1.807) is 0 Å². The van der Waals surface area contributed by atoms with Gasteiger partial charge in [-0.25, -0.2) is 0 Å². The number of benzene rings is 1. The number of rotatable bonds is 5. The van der Waals surface area contributed by atoms with E-state index >= 15 is 0 Å². The van der Waals surface area contributed by atoms with Crippen molar-refractivity contribution >= 4 is 52.4 Å². The van der Waals surface area contributed by atoms with E-state index in [0.717, 1.165) is 10.9 Å². The van der Waals surface area contributed by atoms with Gasteiger partial charge in [0, 0.05) is 10.0 Å². The van der Waals surface area contributed by atoms with E-state index in [0.29, 0.717) is 5.78 Å². The van der Waals surface area contributed by atoms with Gasteiger partial charge in [0.2, 0.25) is 0 Å². The standard InChI is InChI=1S/C17H26BrIOSi/c1-12(19)16(20)15(21(5,6)17(2,3)4)11-13-7-9-14(18)10-8-13/h7-10,12,15H,11H2,1-6H3/t12-,15-/m0/s1. The van der Waals surface area contributed by atoms with Crippen molar-refractivity contribution in [3.63, 3.8) is 0 Å². The molecule has 21 heavy (non-hydrogen) atoms. The molecule has 0 aromatic heterocycles. The number of hydrogen-bond donors (Lipinski definition) is 0. The number of Topliss-reactive ketones (excluding diaryl/α,β-unsaturated/α-hetero) is 1. The van der Waals surface area contributed by atoms with Crippen LogP contribution < -0.4 is 0 Å². The Hall–Kier alpha value is 0.317. The topological polar surface area (TPSA) is 17.1 Å². The fourth-order valence-electron chi connectivity index (χ4n) is 2.37. The molecule has 0 aliphatic heterocycles. The molecule has 2 atom stereocenters. The summed E-state index contributed by atoms with van der Waals surface area (Å²) in [6.07, 6.45) is 0.871. The molecule has 1 aromatic rings. The first-order valence-corrected chi connectivity index (χ1v) is 12.5. The van der Waals surface area contributed by atoms with Crippen LogP contribution in [0, 0.1) is 0 Å². The Morgan fingerprint density at radius 2 is 1.71 bits per heavy atom. The van der Waals surface area contributed by atoms with Crippen molar-refractivity contribution in [2.24, 2.45) is 0 Å². The van der Waals surface area contributed by atoms with E-state index in [2.05, 4.69) is 96.7 Å². The summed E-state index contributed by atoms with van der Waals surface area (Å²) in [5.41, 5.74) is 1.43. The third kappa shape index (κ3) is 4.89. The minimum atomic E-state index is -1.72. The molecule has 0 saturated heterocycles. The lowest BCUT2D eigenvalue weighted by molar-refractivity contribution is -0.118. The van der Waals surface area contributed by atoms with Crippen LogP contribution in [0.15, 0.2) is 28.7 Å². The summed E-state index contributed by atoms with van der Waals surface area (Å²) in [4.78, 5) is 12.8. The number of carbonyl (C=O) groups excluding carboxylic acids is 1. The van der Waals surface area contributed by atoms with Gasteiger partial charge in [0.15, 0.2) is 0 Å². The molecule has 0 N–H and O–H groups in total. The van der Waals surface area contributed by atoms with Crippen molar-refractivity contribution in [1.82, 2.24) is 0 Å². The molecule has 0 unspecified atom stereocenters. The van der Waals surface area contributed by atoms with E-state index in [1.807, 2.05) is 6.92 Å². The summed E-state index contributed by atoms with van der Waals surface area (Å²) in [5, 5.41) is 0.216. The van der Waals surface area contributed by atoms with Crippen molar-refractivity contribution in [2.75, 3.05) is 0 Å². The van der Waals surface area contributed by atoms with Crippen molar-refractivity contribution in [3.8, 4) is 0 Å². The average Bonchev–Trinajstić information content (AvgIpc) is 2.35. The van der Waals surface area contributed by atoms with Crippen molar-refractivity contribution in [2.45, 2.75) is 61.7 Å². The SMILES string of the molecule is C[C@H](I)C(=O)[C@H](Cc1ccc(Br)cc1)[Si](C)(C)C(C)(C)C. The Morgan fingerprint density at radius 3 is 2.10 bits per heavy atom. The number of alkyl halides is 1. The van der Waals surface area contributed by atoms with Crippen molar-refractivity contribution in [1.29, 1.82) is 0 Å². The van der Waals surface area contributed by atoms with Crippen LogP contribution in [0.3, 0.4) is 0 Å². The predicted octanol–water partition coefficient (Wildman–Crippen LogP) is 6.26. The zero-order valence-electron chi connectivity index (χ0n) is 13.8. The number of halogens is 2. The summed E-state index contributed by atoms with van der Waals surface area (Å²) in [6, 6.07) is 8.40. The van der Waals surface area contributed by atoms with Crippen LogP contribution in [0.1, 0.15) is 33.3 Å². The van der Waals surface area contributed by atoms with Gasteiger partial charge in [0.25, 0.3) is 0 Å². The molecule has 1 nitrogen and oxygen atoms in total. The van der Waals surface area contributed by atoms with E-state index in [1.165, 1.54) is 5.56 Å². The van der Waals surface area contributed by atoms with Crippen molar-refractivity contribution in [3.05, 3.63) is 34.3 Å². The van der Waals surface area contributed by atoms with Gasteiger partial charge < -0.3 is 0 Å². The second kappa shape index (κ2) is 7.26. The van der Waals surface area contributed by atoms with Crippen LogP contribution in [0.4, 0.5) is 0 Å². The van der Waals surface area contributed by atoms with Crippen molar-refractivity contribution < 1.29 is 4.79 Å². The van der Waals surface area contributed by atoms with Gasteiger partial charge in [-0.3, -0.25) is 4.79 Å². The highest BCUT2D eigenvalue weighted by Gasteiger charge is 2.45. The van der Waals surface area contributed by atoms with Crippen LogP contribution in [-0.2, 0) is 11.2 Å². The maximum Gasteiger partial charge on any atom is 0.146 e. The van der Waals surface area contributed by atoms with E-state index in [9.17, 15) is 4.79 Å². The monoisotopic (exact) mass is 480 g/mol. The molecule has 118 valence electrons. The average molecular weight is 481 g/mol. The lowest BCUT2D eigenvalue weighted by Crippen LogP contribution is -2.47. The summed E-state index contributed by atoms with van der Waals surface area (Å²) in [7, 11) is -1.72. The highest BCUT2D eigenvalue weighted by Crippen LogP contribution is 2.46. The molecule has 0 bridgehead atoms. The smallest absolute Gasteiger partial charge is 0.146 e. The maximum absolute atomic E-state index is 12.8. The van der Waals surface area contributed by atoms with Crippen LogP contribution in [0.5, 0.6) is 0 Å². The fourth-order valence-corrected chi connectivity index (χ4v) is 6.16. The van der Waals surface area contributed by atoms with E-state index in [4.69, 9.17) is 0 Å². The molecule has 4 heteroatoms. The van der Waals surface area contributed by atoms with Gasteiger partial charge >= 0.3 is 0 Å². The molecule has 0 radical (unpaired) electrons. The Balaban J connectivity index is 3.15. The lowest BCUT2D eigenvalue weighted by atomic mass is 10.1. The molecule has 0 saturated carbocycles. The molecular weight excluding hydrogens is 455 g/mol. The van der Waals surface area contributed by atoms with Gasteiger partial charge in [-0.2, -0.15) is 0 Å². The zero-order chi connectivity index (χ0) is 16.4. The third-order valence-corrected chi connectivity index (χ3v) is 12.1. The van der Waals surface area contributed by atoms with Gasteiger partial charge in [-0.1, -0.05) is 84.5 Å². The third-order valence-electron chi connectivity index (χ3n) is 4.89. The number of carbonyl (C=O) groups is 1. The number of hydrogen-bond acceptors (Lipinski definition) is 1. The quantitative estimate of drug-likeness (QED) is 0.276. The molecular formula is C17H26BrIOSi. The molecule has 1 rings (SSSR count). The molecule has 0 heterocycles. The van der Waals surface area contributed by atoms with Crippen LogP contribution in [0.25, 0.3) is 0 Å². The second-order valence-corrected chi connectivity index (χ2v) is 15.8. The van der Waals surface area contributed by atoms with Gasteiger partial charge in [0.05, 0.1) is 12.0 Å². The minimum Gasteiger partial charge on any atom is -0.299 e. The maximum atomic E-state index is 12.8. The first-order chi connectivity index (χ1) is 9.46. The minimum absolute atomic E-state index is 0.0807. The predicted molar refractivity (Wildman–Crippen MR) is 107 cm³/mol. The lowest BCUT2D eigenvalue weighted by Gasteiger charge is -2.43. The largest absolute Gasteiger partial charge is 0.299 e. The van der Waals surface area contributed by atoms with E-state index < -0.39 is 8.07 Å². The Bertz CT molecular complexity index is 489. The van der Waals surface area contributed by atoms with Crippen LogP contribution >= 0.6 is 38.5 Å². The Morgan fingerprint density at radius 1 is 1.24 bits per heavy atom. The van der Waals surface area contributed by atoms with Gasteiger partial charge in [-0.15, -0.1) is 0 Å². The summed E-state index contributed by atoms with van der Waals surface area (Å²) in [6.45, 7) is 13.6. The van der Waals surface area contributed by atoms with Gasteiger partial charge in [-0.05, 0) is 36.1 Å². The van der Waals surface area contributed by atoms with Crippen LogP contribution in [-0.4, -0.2) is 17.8 Å². The first kappa shape index (κ1) is 19.4. The highest BCUT2D eigenvalue weighted by atomic mass is 127. The molecule has 0 aliphatic rings. The van der Waals surface area contributed by atoms with Gasteiger partial charge in [0.1, 0.15) is 5.78 Å². The summed E-state index contributed by atoms with van der Waals surface area (Å²) >= 11 is 5.74. The molecule has 0 aliphatic carbocycles. The zero-order valence-corrected chi connectivity index (χ0v) is 18.6. The Kier molecular flexibility index (Phi) is 6.69.